The van der Waals surface area contributed by atoms with E-state index in [-0.39, 0.29) is 36.5 Å². The second-order valence-electron chi connectivity index (χ2n) is 9.00. The van der Waals surface area contributed by atoms with Gasteiger partial charge >= 0.3 is 5.97 Å². The standard InChI is InChI=1S/C29H26FN5O4.ClH/c1-38-22-4-2-3-18(14-22)24-15-20(30)8-7-19(24)16-35-12-11-23-26(35)33-29(32)34-27(23)39-21-9-5-17(6-10-21)13-25(31)28(36)37;/h2-12,14-15,25H,13,16,31H2,1H3,(H,36,37)(H2,32,33,34);1H/t25-;/m0./s1. The molecule has 1 atom stereocenters. The lowest BCUT2D eigenvalue weighted by molar-refractivity contribution is -0.138. The molecule has 0 aliphatic heterocycles. The Morgan fingerprint density at radius 2 is 1.82 bits per heavy atom. The van der Waals surface area contributed by atoms with Crippen molar-refractivity contribution in [3.8, 4) is 28.5 Å². The maximum Gasteiger partial charge on any atom is 0.320 e. The van der Waals surface area contributed by atoms with Crippen molar-refractivity contribution in [2.45, 2.75) is 19.0 Å². The van der Waals surface area contributed by atoms with E-state index in [1.54, 1.807) is 37.4 Å². The molecule has 0 amide bonds. The molecule has 2 heterocycles. The monoisotopic (exact) mass is 563 g/mol. The van der Waals surface area contributed by atoms with Crippen molar-refractivity contribution < 1.29 is 23.8 Å². The Kier molecular flexibility index (Phi) is 8.52. The summed E-state index contributed by atoms with van der Waals surface area (Å²) in [6, 6.07) is 19.9. The van der Waals surface area contributed by atoms with Crippen molar-refractivity contribution in [2.24, 2.45) is 5.73 Å². The second kappa shape index (κ2) is 12.0. The highest BCUT2D eigenvalue weighted by molar-refractivity contribution is 5.85. The van der Waals surface area contributed by atoms with Crippen LogP contribution in [0.1, 0.15) is 11.1 Å². The number of halogens is 2. The molecule has 0 fully saturated rings. The van der Waals surface area contributed by atoms with E-state index < -0.39 is 12.0 Å². The maximum absolute atomic E-state index is 14.3. The summed E-state index contributed by atoms with van der Waals surface area (Å²) in [6.45, 7) is 0.394. The van der Waals surface area contributed by atoms with E-state index in [0.29, 0.717) is 29.1 Å². The Hall–Kier alpha value is -4.67. The number of benzene rings is 3. The number of nitrogens with zero attached hydrogens (tertiary/aromatic N) is 3. The Morgan fingerprint density at radius 1 is 1.05 bits per heavy atom. The van der Waals surface area contributed by atoms with Gasteiger partial charge in [0.15, 0.2) is 0 Å². The molecular formula is C29H27ClFN5O4. The number of nitrogen functional groups attached to an aromatic ring is 1. The zero-order valence-corrected chi connectivity index (χ0v) is 22.3. The molecule has 5 aromatic rings. The Morgan fingerprint density at radius 3 is 2.55 bits per heavy atom. The molecule has 206 valence electrons. The van der Waals surface area contributed by atoms with Crippen LogP contribution in [0, 0.1) is 5.82 Å². The van der Waals surface area contributed by atoms with Gasteiger partial charge in [-0.15, -0.1) is 12.4 Å². The summed E-state index contributed by atoms with van der Waals surface area (Å²) in [5.74, 6) is 0.0805. The fourth-order valence-corrected chi connectivity index (χ4v) is 4.33. The first-order chi connectivity index (χ1) is 18.8. The van der Waals surface area contributed by atoms with E-state index in [2.05, 4.69) is 9.97 Å². The minimum Gasteiger partial charge on any atom is -0.497 e. The van der Waals surface area contributed by atoms with Crippen LogP contribution in [0.2, 0.25) is 0 Å². The number of aromatic nitrogens is 3. The number of methoxy groups -OCH3 is 1. The summed E-state index contributed by atoms with van der Waals surface area (Å²) < 4.78 is 27.5. The normalized spacial score (nSPS) is 11.6. The molecule has 11 heteroatoms. The molecule has 40 heavy (non-hydrogen) atoms. The van der Waals surface area contributed by atoms with Gasteiger partial charge in [-0.1, -0.05) is 30.3 Å². The fourth-order valence-electron chi connectivity index (χ4n) is 4.33. The molecule has 0 unspecified atom stereocenters. The predicted octanol–water partition coefficient (Wildman–Crippen LogP) is 5.05. The number of aliphatic carboxylic acids is 1. The molecule has 2 aromatic heterocycles. The van der Waals surface area contributed by atoms with Crippen molar-refractivity contribution in [1.29, 1.82) is 0 Å². The summed E-state index contributed by atoms with van der Waals surface area (Å²) in [7, 11) is 1.59. The van der Waals surface area contributed by atoms with Crippen LogP contribution in [0.5, 0.6) is 17.4 Å². The summed E-state index contributed by atoms with van der Waals surface area (Å²) in [5, 5.41) is 9.67. The first kappa shape index (κ1) is 28.3. The number of anilines is 1. The summed E-state index contributed by atoms with van der Waals surface area (Å²) in [6.07, 6.45) is 2.05. The van der Waals surface area contributed by atoms with Crippen molar-refractivity contribution in [2.75, 3.05) is 12.8 Å². The van der Waals surface area contributed by atoms with Gasteiger partial charge in [-0.3, -0.25) is 4.79 Å². The number of carboxylic acid groups (broad SMARTS) is 1. The molecule has 0 saturated carbocycles. The number of carboxylic acids is 1. The van der Waals surface area contributed by atoms with Gasteiger partial charge in [0, 0.05) is 12.7 Å². The van der Waals surface area contributed by atoms with Crippen LogP contribution in [-0.2, 0) is 17.8 Å². The SMILES string of the molecule is COc1cccc(-c2cc(F)ccc2Cn2ccc3c(Oc4ccc(C[C@H](N)C(=O)O)cc4)nc(N)nc32)c1.Cl. The Bertz CT molecular complexity index is 1660. The quantitative estimate of drug-likeness (QED) is 0.226. The number of carbonyl (C=O) groups is 1. The van der Waals surface area contributed by atoms with Gasteiger partial charge in [-0.05, 0) is 71.1 Å². The number of nitrogens with two attached hydrogens (primary N) is 2. The molecule has 5 rings (SSSR count). The Balaban J connectivity index is 0.00000370. The van der Waals surface area contributed by atoms with E-state index in [1.807, 2.05) is 41.1 Å². The first-order valence-electron chi connectivity index (χ1n) is 12.1. The fraction of sp³-hybridized carbons (Fsp3) is 0.138. The van der Waals surface area contributed by atoms with Gasteiger partial charge in [0.1, 0.15) is 29.0 Å². The predicted molar refractivity (Wildman–Crippen MR) is 153 cm³/mol. The van der Waals surface area contributed by atoms with Gasteiger partial charge in [-0.25, -0.2) is 4.39 Å². The van der Waals surface area contributed by atoms with Crippen LogP contribution >= 0.6 is 12.4 Å². The van der Waals surface area contributed by atoms with Crippen LogP contribution in [0.3, 0.4) is 0 Å². The van der Waals surface area contributed by atoms with Gasteiger partial charge in [0.05, 0.1) is 12.5 Å². The summed E-state index contributed by atoms with van der Waals surface area (Å²) in [4.78, 5) is 19.7. The van der Waals surface area contributed by atoms with Crippen molar-refractivity contribution >= 4 is 35.4 Å². The van der Waals surface area contributed by atoms with E-state index >= 15 is 0 Å². The van der Waals surface area contributed by atoms with Gasteiger partial charge in [0.2, 0.25) is 11.8 Å². The van der Waals surface area contributed by atoms with Crippen molar-refractivity contribution in [1.82, 2.24) is 14.5 Å². The lowest BCUT2D eigenvalue weighted by Gasteiger charge is -2.13. The van der Waals surface area contributed by atoms with Gasteiger partial charge < -0.3 is 30.6 Å². The third-order valence-corrected chi connectivity index (χ3v) is 6.31. The van der Waals surface area contributed by atoms with E-state index in [0.717, 1.165) is 22.3 Å². The number of fused-ring (bicyclic) bond motifs is 1. The average Bonchev–Trinajstić information content (AvgIpc) is 3.33. The molecule has 0 saturated heterocycles. The molecule has 3 aromatic carbocycles. The smallest absolute Gasteiger partial charge is 0.320 e. The molecule has 0 aliphatic rings. The molecule has 0 radical (unpaired) electrons. The molecule has 0 spiro atoms. The van der Waals surface area contributed by atoms with Crippen molar-refractivity contribution in [3.05, 3.63) is 95.9 Å². The number of ether oxygens (including phenoxy) is 2. The van der Waals surface area contributed by atoms with Crippen LogP contribution < -0.4 is 20.9 Å². The summed E-state index contributed by atoms with van der Waals surface area (Å²) >= 11 is 0. The van der Waals surface area contributed by atoms with Crippen molar-refractivity contribution in [3.63, 3.8) is 0 Å². The molecule has 9 nitrogen and oxygen atoms in total. The van der Waals surface area contributed by atoms with Crippen LogP contribution in [0.4, 0.5) is 10.3 Å². The molecule has 0 bridgehead atoms. The van der Waals surface area contributed by atoms with Crippen LogP contribution in [0.25, 0.3) is 22.2 Å². The minimum atomic E-state index is -1.06. The highest BCUT2D eigenvalue weighted by atomic mass is 35.5. The highest BCUT2D eigenvalue weighted by Gasteiger charge is 2.16. The van der Waals surface area contributed by atoms with Crippen LogP contribution in [-0.4, -0.2) is 38.8 Å². The molecule has 0 aliphatic carbocycles. The Labute approximate surface area is 235 Å². The average molecular weight is 564 g/mol. The third-order valence-electron chi connectivity index (χ3n) is 6.31. The van der Waals surface area contributed by atoms with Gasteiger partial charge in [0.25, 0.3) is 0 Å². The maximum atomic E-state index is 14.3. The lowest BCUT2D eigenvalue weighted by Crippen LogP contribution is -2.32. The summed E-state index contributed by atoms with van der Waals surface area (Å²) in [5.41, 5.74) is 15.4. The molecular weight excluding hydrogens is 537 g/mol. The largest absolute Gasteiger partial charge is 0.497 e. The number of hydrogen-bond acceptors (Lipinski definition) is 7. The third kappa shape index (κ3) is 6.14. The first-order valence-corrected chi connectivity index (χ1v) is 12.1. The zero-order chi connectivity index (χ0) is 27.5. The number of rotatable bonds is 9. The van der Waals surface area contributed by atoms with E-state index in [9.17, 15) is 9.18 Å². The second-order valence-corrected chi connectivity index (χ2v) is 9.00. The topological polar surface area (TPSA) is 139 Å². The highest BCUT2D eigenvalue weighted by Crippen LogP contribution is 2.32. The van der Waals surface area contributed by atoms with Gasteiger partial charge in [-0.2, -0.15) is 9.97 Å². The lowest BCUT2D eigenvalue weighted by atomic mass is 9.99. The molecule has 5 N–H and O–H groups in total. The minimum absolute atomic E-state index is 0. The number of hydrogen-bond donors (Lipinski definition) is 3. The van der Waals surface area contributed by atoms with E-state index in [1.165, 1.54) is 12.1 Å². The van der Waals surface area contributed by atoms with Crippen LogP contribution in [0.15, 0.2) is 79.0 Å². The van der Waals surface area contributed by atoms with E-state index in [4.69, 9.17) is 26.0 Å². The zero-order valence-electron chi connectivity index (χ0n) is 21.5.